The summed E-state index contributed by atoms with van der Waals surface area (Å²) in [5.74, 6) is 0.236. The lowest BCUT2D eigenvalue weighted by Gasteiger charge is -2.25. The molecule has 0 unspecified atom stereocenters. The highest BCUT2D eigenvalue weighted by Crippen LogP contribution is 2.31. The number of nitrogens with one attached hydrogen (secondary N) is 1. The topological polar surface area (TPSA) is 97.8 Å². The molecule has 40 heavy (non-hydrogen) atoms. The monoisotopic (exact) mass is 544 g/mol. The van der Waals surface area contributed by atoms with Crippen LogP contribution in [0.4, 0.5) is 5.69 Å². The van der Waals surface area contributed by atoms with Gasteiger partial charge in [-0.3, -0.25) is 9.59 Å². The summed E-state index contributed by atoms with van der Waals surface area (Å²) in [6, 6.07) is 21.3. The second kappa shape index (κ2) is 15.5. The van der Waals surface area contributed by atoms with Crippen LogP contribution < -0.4 is 14.8 Å². The van der Waals surface area contributed by atoms with Crippen molar-refractivity contribution in [2.75, 3.05) is 18.5 Å². The van der Waals surface area contributed by atoms with Gasteiger partial charge in [0.1, 0.15) is 5.75 Å². The van der Waals surface area contributed by atoms with E-state index in [1.54, 1.807) is 19.9 Å². The van der Waals surface area contributed by atoms with Crippen molar-refractivity contribution in [1.82, 2.24) is 4.98 Å². The number of pyridine rings is 1. The lowest BCUT2D eigenvalue weighted by atomic mass is 9.79. The number of carboxylic acids is 1. The first-order valence-corrected chi connectivity index (χ1v) is 14.0. The van der Waals surface area contributed by atoms with Crippen molar-refractivity contribution in [3.63, 3.8) is 0 Å². The number of aliphatic carboxylic acids is 1. The first-order chi connectivity index (χ1) is 19.4. The fraction of sp³-hybridized carbons (Fsp3) is 0.364. The van der Waals surface area contributed by atoms with E-state index in [4.69, 9.17) is 9.47 Å². The van der Waals surface area contributed by atoms with Gasteiger partial charge in [-0.15, -0.1) is 0 Å². The predicted molar refractivity (Wildman–Crippen MR) is 160 cm³/mol. The number of aromatic nitrogens is 1. The van der Waals surface area contributed by atoms with Gasteiger partial charge in [0.25, 0.3) is 0 Å². The van der Waals surface area contributed by atoms with E-state index in [1.165, 1.54) is 5.56 Å². The Labute approximate surface area is 237 Å². The lowest BCUT2D eigenvalue weighted by molar-refractivity contribution is -0.151. The molecule has 0 fully saturated rings. The van der Waals surface area contributed by atoms with E-state index in [0.29, 0.717) is 37.6 Å². The maximum Gasteiger partial charge on any atom is 0.310 e. The maximum absolute atomic E-state index is 12.6. The fourth-order valence-electron chi connectivity index (χ4n) is 4.42. The van der Waals surface area contributed by atoms with Crippen LogP contribution in [0.2, 0.25) is 0 Å². The highest BCUT2D eigenvalue weighted by Gasteiger charge is 2.37. The fourth-order valence-corrected chi connectivity index (χ4v) is 4.42. The number of hydrogen-bond acceptors (Lipinski definition) is 5. The molecule has 0 bridgehead atoms. The second-order valence-corrected chi connectivity index (χ2v) is 9.76. The zero-order chi connectivity index (χ0) is 28.8. The van der Waals surface area contributed by atoms with Gasteiger partial charge in [-0.2, -0.15) is 0 Å². The summed E-state index contributed by atoms with van der Waals surface area (Å²) in [4.78, 5) is 28.9. The van der Waals surface area contributed by atoms with E-state index in [1.807, 2.05) is 67.6 Å². The quantitative estimate of drug-likeness (QED) is 0.184. The highest BCUT2D eigenvalue weighted by molar-refractivity contribution is 5.94. The molecular weight excluding hydrogens is 504 g/mol. The molecule has 0 aliphatic carbocycles. The number of amides is 1. The summed E-state index contributed by atoms with van der Waals surface area (Å²) in [5, 5.41) is 12.5. The number of rotatable bonds is 16. The zero-order valence-electron chi connectivity index (χ0n) is 23.7. The summed E-state index contributed by atoms with van der Waals surface area (Å²) in [6.07, 6.45) is 7.48. The normalized spacial score (nSPS) is 11.4. The second-order valence-electron chi connectivity index (χ2n) is 9.76. The number of benzene rings is 2. The molecule has 0 saturated carbocycles. The van der Waals surface area contributed by atoms with Gasteiger partial charge in [0.2, 0.25) is 11.8 Å². The molecule has 1 heterocycles. The van der Waals surface area contributed by atoms with E-state index < -0.39 is 11.4 Å². The van der Waals surface area contributed by atoms with Crippen LogP contribution in [-0.4, -0.2) is 35.2 Å². The van der Waals surface area contributed by atoms with Crippen LogP contribution in [0.15, 0.2) is 66.7 Å². The molecule has 212 valence electrons. The average Bonchev–Trinajstić information content (AvgIpc) is 2.96. The molecule has 1 aromatic heterocycles. The number of nitrogens with zero attached hydrogens (tertiary/aromatic N) is 1. The van der Waals surface area contributed by atoms with E-state index in [-0.39, 0.29) is 12.3 Å². The van der Waals surface area contributed by atoms with Crippen LogP contribution in [0.5, 0.6) is 11.6 Å². The molecule has 0 saturated heterocycles. The van der Waals surface area contributed by atoms with Crippen LogP contribution in [0.25, 0.3) is 12.2 Å². The van der Waals surface area contributed by atoms with Gasteiger partial charge in [-0.1, -0.05) is 50.3 Å². The number of carbonyl (C=O) groups excluding carboxylic acids is 1. The van der Waals surface area contributed by atoms with Crippen LogP contribution in [0.1, 0.15) is 69.7 Å². The minimum atomic E-state index is -1.05. The summed E-state index contributed by atoms with van der Waals surface area (Å²) in [6.45, 7) is 6.85. The first-order valence-electron chi connectivity index (χ1n) is 14.0. The van der Waals surface area contributed by atoms with E-state index in [2.05, 4.69) is 22.4 Å². The van der Waals surface area contributed by atoms with Gasteiger partial charge < -0.3 is 19.9 Å². The maximum atomic E-state index is 12.6. The van der Waals surface area contributed by atoms with Crippen LogP contribution in [0, 0.1) is 5.41 Å². The predicted octanol–water partition coefficient (Wildman–Crippen LogP) is 7.27. The number of anilines is 1. The molecule has 0 aliphatic heterocycles. The molecule has 2 aromatic carbocycles. The molecule has 7 nitrogen and oxygen atoms in total. The Morgan fingerprint density at radius 2 is 1.68 bits per heavy atom. The molecule has 0 spiro atoms. The Bertz CT molecular complexity index is 1270. The summed E-state index contributed by atoms with van der Waals surface area (Å²) < 4.78 is 11.4. The third-order valence-corrected chi connectivity index (χ3v) is 7.01. The van der Waals surface area contributed by atoms with Gasteiger partial charge in [-0.05, 0) is 86.6 Å². The van der Waals surface area contributed by atoms with Crippen molar-refractivity contribution in [2.45, 2.75) is 59.3 Å². The van der Waals surface area contributed by atoms with Crippen molar-refractivity contribution in [3.8, 4) is 11.6 Å². The van der Waals surface area contributed by atoms with Gasteiger partial charge in [0.05, 0.1) is 24.3 Å². The third-order valence-electron chi connectivity index (χ3n) is 7.01. The Morgan fingerprint density at radius 3 is 2.38 bits per heavy atom. The number of carboxylic acid groups (broad SMARTS) is 1. The molecule has 3 rings (SSSR count). The van der Waals surface area contributed by atoms with Gasteiger partial charge in [0, 0.05) is 18.2 Å². The van der Waals surface area contributed by atoms with E-state index >= 15 is 0 Å². The van der Waals surface area contributed by atoms with Gasteiger partial charge in [-0.25, -0.2) is 4.98 Å². The molecule has 0 radical (unpaired) electrons. The summed E-state index contributed by atoms with van der Waals surface area (Å²) >= 11 is 0. The molecule has 7 heteroatoms. The van der Waals surface area contributed by atoms with Crippen molar-refractivity contribution >= 4 is 29.7 Å². The van der Waals surface area contributed by atoms with Crippen LogP contribution in [0.3, 0.4) is 0 Å². The largest absolute Gasteiger partial charge is 0.494 e. The number of unbranched alkanes of at least 4 members (excludes halogenated alkanes) is 1. The van der Waals surface area contributed by atoms with Gasteiger partial charge in [0.15, 0.2) is 0 Å². The Kier molecular flexibility index (Phi) is 11.8. The average molecular weight is 545 g/mol. The number of hydrogen-bond donors (Lipinski definition) is 2. The molecule has 3 aromatic rings. The molecule has 2 N–H and O–H groups in total. The van der Waals surface area contributed by atoms with Gasteiger partial charge >= 0.3 is 5.97 Å². The number of ether oxygens (including phenoxy) is 2. The minimum Gasteiger partial charge on any atom is -0.494 e. The smallest absolute Gasteiger partial charge is 0.310 e. The Hall–Kier alpha value is -4.13. The summed E-state index contributed by atoms with van der Waals surface area (Å²) in [5.41, 5.74) is 2.51. The summed E-state index contributed by atoms with van der Waals surface area (Å²) in [7, 11) is 0. The molecule has 0 aliphatic rings. The molecular formula is C33H40N2O5. The Morgan fingerprint density at radius 1 is 0.925 bits per heavy atom. The van der Waals surface area contributed by atoms with Crippen LogP contribution >= 0.6 is 0 Å². The van der Waals surface area contributed by atoms with Crippen molar-refractivity contribution in [3.05, 3.63) is 83.6 Å². The van der Waals surface area contributed by atoms with Crippen molar-refractivity contribution in [1.29, 1.82) is 0 Å². The molecule has 1 amide bonds. The van der Waals surface area contributed by atoms with E-state index in [0.717, 1.165) is 36.3 Å². The zero-order valence-corrected chi connectivity index (χ0v) is 23.7. The standard InChI is InChI=1S/C33H40N2O5/c1-4-33(5-2,32(37)38)24-30(36)34-28-14-9-12-26(23-28)16-19-27-13-10-15-31(35-27)40-22-8-7-11-25-17-20-29(21-18-25)39-6-3/h9-10,12-21,23H,4-8,11,22,24H2,1-3H3,(H,34,36)(H,37,38)/b19-16+. The van der Waals surface area contributed by atoms with Crippen molar-refractivity contribution in [2.24, 2.45) is 5.41 Å². The molecule has 0 atom stereocenters. The van der Waals surface area contributed by atoms with Crippen molar-refractivity contribution < 1.29 is 24.2 Å². The highest BCUT2D eigenvalue weighted by atomic mass is 16.5. The SMILES string of the molecule is CCOc1ccc(CCCCOc2cccc(/C=C/c3cccc(NC(=O)CC(CC)(CC)C(=O)O)c3)n2)cc1. The minimum absolute atomic E-state index is 0.0618. The first kappa shape index (κ1) is 30.4. The number of carbonyl (C=O) groups is 2. The van der Waals surface area contributed by atoms with Crippen LogP contribution in [-0.2, 0) is 16.0 Å². The third kappa shape index (κ3) is 9.26. The van der Waals surface area contributed by atoms with E-state index in [9.17, 15) is 14.7 Å². The number of aryl methyl sites for hydroxylation is 1. The lowest BCUT2D eigenvalue weighted by Crippen LogP contribution is -2.34. The Balaban J connectivity index is 1.49.